The van der Waals surface area contributed by atoms with Crippen LogP contribution in [0.1, 0.15) is 55.0 Å². The minimum absolute atomic E-state index is 0.00807. The summed E-state index contributed by atoms with van der Waals surface area (Å²) in [6.45, 7) is 4.21. The normalized spacial score (nSPS) is 18.8. The number of urea groups is 1. The second-order valence-corrected chi connectivity index (χ2v) is 10.4. The van der Waals surface area contributed by atoms with Gasteiger partial charge in [-0.25, -0.2) is 14.8 Å². The highest BCUT2D eigenvalue weighted by Crippen LogP contribution is 2.38. The molecule has 2 aliphatic heterocycles. The summed E-state index contributed by atoms with van der Waals surface area (Å²) >= 11 is 0. The summed E-state index contributed by atoms with van der Waals surface area (Å²) in [4.78, 5) is 35.7. The smallest absolute Gasteiger partial charge is 0.363 e. The van der Waals surface area contributed by atoms with E-state index in [1.807, 2.05) is 12.1 Å². The van der Waals surface area contributed by atoms with E-state index >= 15 is 4.39 Å². The van der Waals surface area contributed by atoms with Crippen molar-refractivity contribution in [1.82, 2.24) is 20.2 Å². The molecule has 0 radical (unpaired) electrons. The third-order valence-electron chi connectivity index (χ3n) is 7.19. The third kappa shape index (κ3) is 5.43. The Balaban J connectivity index is 1.25. The van der Waals surface area contributed by atoms with Gasteiger partial charge in [0.2, 0.25) is 5.82 Å². The molecule has 2 N–H and O–H groups in total. The lowest BCUT2D eigenvalue weighted by atomic mass is 10.0. The van der Waals surface area contributed by atoms with Crippen molar-refractivity contribution in [2.24, 2.45) is 0 Å². The fourth-order valence-corrected chi connectivity index (χ4v) is 5.04. The van der Waals surface area contributed by atoms with Crippen molar-refractivity contribution in [3.05, 3.63) is 82.9 Å². The number of hydrogen-bond donors (Lipinski definition) is 2. The molecule has 3 aromatic rings. The van der Waals surface area contributed by atoms with Gasteiger partial charge in [0.25, 0.3) is 5.91 Å². The molecule has 5 rings (SSSR count). The lowest BCUT2D eigenvalue weighted by Gasteiger charge is -2.27. The molecular formula is C28H28F4N6O2. The zero-order chi connectivity index (χ0) is 28.7. The molecule has 0 bridgehead atoms. The second-order valence-electron chi connectivity index (χ2n) is 10.4. The van der Waals surface area contributed by atoms with E-state index in [-0.39, 0.29) is 36.7 Å². The first-order valence-corrected chi connectivity index (χ1v) is 12.8. The summed E-state index contributed by atoms with van der Waals surface area (Å²) in [5.41, 5.74) is 0.588. The predicted molar refractivity (Wildman–Crippen MR) is 140 cm³/mol. The van der Waals surface area contributed by atoms with Crippen molar-refractivity contribution in [3.8, 4) is 0 Å². The summed E-state index contributed by atoms with van der Waals surface area (Å²) in [5, 5.41) is 5.63. The van der Waals surface area contributed by atoms with E-state index < -0.39 is 29.1 Å². The van der Waals surface area contributed by atoms with Gasteiger partial charge in [-0.05, 0) is 55.5 Å². The standard InChI is InChI=1S/C28H28F4N6O2/c1-27(2)25(39)38(26(40)36-27)15-18-7-5-17(6-8-18)14-33-23-22(29)24(35-16-34-23)37-13-3-4-21(37)19-9-11-20(12-10-19)28(30,31)32/h5-12,16,21H,3-4,13-15H2,1-2H3,(H,36,40)(H,33,34,35). The quantitative estimate of drug-likeness (QED) is 0.299. The molecule has 1 aromatic heterocycles. The topological polar surface area (TPSA) is 90.5 Å². The molecule has 0 aliphatic carbocycles. The fourth-order valence-electron chi connectivity index (χ4n) is 5.04. The molecule has 2 saturated heterocycles. The van der Waals surface area contributed by atoms with Crippen LogP contribution in [0.5, 0.6) is 0 Å². The number of nitrogens with zero attached hydrogens (tertiary/aromatic N) is 4. The molecule has 40 heavy (non-hydrogen) atoms. The van der Waals surface area contributed by atoms with E-state index in [4.69, 9.17) is 0 Å². The molecule has 8 nitrogen and oxygen atoms in total. The zero-order valence-corrected chi connectivity index (χ0v) is 21.9. The highest BCUT2D eigenvalue weighted by Gasteiger charge is 2.44. The number of hydrogen-bond acceptors (Lipinski definition) is 6. The summed E-state index contributed by atoms with van der Waals surface area (Å²) < 4.78 is 54.4. The molecule has 0 spiro atoms. The Morgan fingerprint density at radius 2 is 1.70 bits per heavy atom. The van der Waals surface area contributed by atoms with Crippen LogP contribution in [-0.2, 0) is 24.1 Å². The van der Waals surface area contributed by atoms with Gasteiger partial charge in [0.1, 0.15) is 11.9 Å². The van der Waals surface area contributed by atoms with Crippen LogP contribution < -0.4 is 15.5 Å². The molecule has 1 unspecified atom stereocenters. The van der Waals surface area contributed by atoms with Crippen molar-refractivity contribution in [1.29, 1.82) is 0 Å². The summed E-state index contributed by atoms with van der Waals surface area (Å²) in [6.07, 6.45) is -1.77. The number of halogens is 4. The summed E-state index contributed by atoms with van der Waals surface area (Å²) in [6, 6.07) is 11.4. The van der Waals surface area contributed by atoms with Crippen LogP contribution >= 0.6 is 0 Å². The molecule has 0 saturated carbocycles. The molecule has 2 aliphatic rings. The molecular weight excluding hydrogens is 528 g/mol. The molecule has 1 atom stereocenters. The zero-order valence-electron chi connectivity index (χ0n) is 21.9. The maximum atomic E-state index is 15.5. The number of aromatic nitrogens is 2. The third-order valence-corrected chi connectivity index (χ3v) is 7.19. The van der Waals surface area contributed by atoms with Crippen LogP contribution in [0.2, 0.25) is 0 Å². The first-order valence-electron chi connectivity index (χ1n) is 12.8. The van der Waals surface area contributed by atoms with Crippen molar-refractivity contribution >= 4 is 23.6 Å². The van der Waals surface area contributed by atoms with E-state index in [2.05, 4.69) is 20.6 Å². The number of carbonyl (C=O) groups excluding carboxylic acids is 2. The molecule has 210 valence electrons. The Labute approximate surface area is 228 Å². The number of amides is 3. The summed E-state index contributed by atoms with van der Waals surface area (Å²) in [7, 11) is 0. The lowest BCUT2D eigenvalue weighted by Crippen LogP contribution is -2.40. The van der Waals surface area contributed by atoms with Gasteiger partial charge in [-0.2, -0.15) is 17.6 Å². The minimum Gasteiger partial charge on any atom is -0.363 e. The number of carbonyl (C=O) groups is 2. The van der Waals surface area contributed by atoms with Crippen molar-refractivity contribution in [2.45, 2.75) is 57.5 Å². The first-order chi connectivity index (χ1) is 18.9. The highest BCUT2D eigenvalue weighted by molar-refractivity contribution is 6.06. The van der Waals surface area contributed by atoms with Crippen LogP contribution in [-0.4, -0.2) is 38.9 Å². The second kappa shape index (κ2) is 10.4. The molecule has 2 aromatic carbocycles. The van der Waals surface area contributed by atoms with Gasteiger partial charge in [-0.3, -0.25) is 9.69 Å². The SMILES string of the molecule is CC1(C)NC(=O)N(Cc2ccc(CNc3ncnc(N4CCCC4c4ccc(C(F)(F)F)cc4)c3F)cc2)C1=O. The number of anilines is 2. The van der Waals surface area contributed by atoms with Crippen LogP contribution in [0.15, 0.2) is 54.9 Å². The van der Waals surface area contributed by atoms with Gasteiger partial charge in [-0.15, -0.1) is 0 Å². The predicted octanol–water partition coefficient (Wildman–Crippen LogP) is 5.42. The molecule has 3 heterocycles. The largest absolute Gasteiger partial charge is 0.416 e. The van der Waals surface area contributed by atoms with Gasteiger partial charge >= 0.3 is 12.2 Å². The average Bonchev–Trinajstić information content (AvgIpc) is 3.47. The lowest BCUT2D eigenvalue weighted by molar-refractivity contribution is -0.137. The summed E-state index contributed by atoms with van der Waals surface area (Å²) in [5.74, 6) is -0.837. The van der Waals surface area contributed by atoms with Crippen LogP contribution in [0.3, 0.4) is 0 Å². The van der Waals surface area contributed by atoms with Gasteiger partial charge < -0.3 is 15.5 Å². The van der Waals surface area contributed by atoms with Crippen molar-refractivity contribution < 1.29 is 27.2 Å². The van der Waals surface area contributed by atoms with Gasteiger partial charge in [0.05, 0.1) is 18.2 Å². The van der Waals surface area contributed by atoms with Crippen LogP contribution in [0.4, 0.5) is 34.0 Å². The van der Waals surface area contributed by atoms with Gasteiger partial charge in [0.15, 0.2) is 11.6 Å². The number of benzene rings is 2. The Morgan fingerprint density at radius 1 is 1.02 bits per heavy atom. The Bertz CT molecular complexity index is 1410. The molecule has 2 fully saturated rings. The van der Waals surface area contributed by atoms with E-state index in [0.29, 0.717) is 18.5 Å². The number of imide groups is 1. The maximum Gasteiger partial charge on any atom is 0.416 e. The van der Waals surface area contributed by atoms with Crippen LogP contribution in [0.25, 0.3) is 0 Å². The Kier molecular flexibility index (Phi) is 7.11. The molecule has 12 heteroatoms. The Hall–Kier alpha value is -4.22. The first kappa shape index (κ1) is 27.4. The Morgan fingerprint density at radius 3 is 2.33 bits per heavy atom. The number of rotatable bonds is 7. The van der Waals surface area contributed by atoms with Gasteiger partial charge in [-0.1, -0.05) is 36.4 Å². The minimum atomic E-state index is -4.42. The van der Waals surface area contributed by atoms with E-state index in [1.54, 1.807) is 30.9 Å². The van der Waals surface area contributed by atoms with E-state index in [1.165, 1.54) is 23.4 Å². The average molecular weight is 557 g/mol. The fraction of sp³-hybridized carbons (Fsp3) is 0.357. The van der Waals surface area contributed by atoms with Crippen molar-refractivity contribution in [3.63, 3.8) is 0 Å². The van der Waals surface area contributed by atoms with E-state index in [9.17, 15) is 22.8 Å². The van der Waals surface area contributed by atoms with Crippen molar-refractivity contribution in [2.75, 3.05) is 16.8 Å². The van der Waals surface area contributed by atoms with Gasteiger partial charge in [0, 0.05) is 13.1 Å². The number of nitrogens with one attached hydrogen (secondary N) is 2. The molecule has 3 amide bonds. The monoisotopic (exact) mass is 556 g/mol. The number of alkyl halides is 3. The maximum absolute atomic E-state index is 15.5. The highest BCUT2D eigenvalue weighted by atomic mass is 19.4. The van der Waals surface area contributed by atoms with Crippen LogP contribution in [0, 0.1) is 5.82 Å². The van der Waals surface area contributed by atoms with E-state index in [0.717, 1.165) is 29.7 Å².